The minimum atomic E-state index is -1.26. The Bertz CT molecular complexity index is 894. The van der Waals surface area contributed by atoms with Crippen molar-refractivity contribution in [1.82, 2.24) is 19.6 Å². The van der Waals surface area contributed by atoms with Gasteiger partial charge in [0, 0.05) is 5.39 Å². The minimum absolute atomic E-state index is 0.268. The van der Waals surface area contributed by atoms with Gasteiger partial charge in [0.1, 0.15) is 0 Å². The van der Waals surface area contributed by atoms with E-state index in [0.717, 1.165) is 29.3 Å². The number of carboxylic acid groups (broad SMARTS) is 1. The van der Waals surface area contributed by atoms with Gasteiger partial charge in [0.25, 0.3) is 5.82 Å². The van der Waals surface area contributed by atoms with Gasteiger partial charge in [0.15, 0.2) is 5.65 Å². The number of unbranched alkanes of at least 4 members (excludes halogenated alkanes) is 1. The number of fused-ring (bicyclic) bond motifs is 3. The van der Waals surface area contributed by atoms with Crippen LogP contribution in [-0.2, 0) is 6.42 Å². The molecule has 7 nitrogen and oxygen atoms in total. The van der Waals surface area contributed by atoms with Gasteiger partial charge in [0.05, 0.1) is 5.52 Å². The lowest BCUT2D eigenvalue weighted by molar-refractivity contribution is 0.0684. The van der Waals surface area contributed by atoms with Crippen molar-refractivity contribution in [3.8, 4) is 0 Å². The summed E-state index contributed by atoms with van der Waals surface area (Å²) in [6.07, 6.45) is 3.09. The zero-order valence-electron chi connectivity index (χ0n) is 11.5. The fourth-order valence-electron chi connectivity index (χ4n) is 2.31. The number of aromatic carboxylic acids is 1. The van der Waals surface area contributed by atoms with Gasteiger partial charge >= 0.3 is 11.7 Å². The molecule has 0 aliphatic heterocycles. The highest BCUT2D eigenvalue weighted by molar-refractivity contribution is 5.93. The van der Waals surface area contributed by atoms with Crippen LogP contribution in [0.5, 0.6) is 0 Å². The predicted octanol–water partition coefficient (Wildman–Crippen LogP) is 1.61. The smallest absolute Gasteiger partial charge is 0.375 e. The van der Waals surface area contributed by atoms with Crippen LogP contribution in [0.4, 0.5) is 0 Å². The molecule has 0 radical (unpaired) electrons. The molecule has 0 saturated carbocycles. The number of H-pyrrole nitrogens is 1. The molecule has 0 spiro atoms. The van der Waals surface area contributed by atoms with Gasteiger partial charge in [-0.15, -0.1) is 5.10 Å². The second kappa shape index (κ2) is 5.01. The lowest BCUT2D eigenvalue weighted by atomic mass is 10.1. The van der Waals surface area contributed by atoms with Crippen LogP contribution >= 0.6 is 0 Å². The van der Waals surface area contributed by atoms with Crippen molar-refractivity contribution in [3.05, 3.63) is 40.1 Å². The molecule has 7 heteroatoms. The van der Waals surface area contributed by atoms with Crippen molar-refractivity contribution in [1.29, 1.82) is 0 Å². The second-order valence-electron chi connectivity index (χ2n) is 4.89. The Morgan fingerprint density at radius 3 is 2.95 bits per heavy atom. The van der Waals surface area contributed by atoms with E-state index in [4.69, 9.17) is 5.11 Å². The topological polar surface area (TPSA) is 100 Å². The average Bonchev–Trinajstić information content (AvgIpc) is 2.92. The first-order valence-corrected chi connectivity index (χ1v) is 6.75. The van der Waals surface area contributed by atoms with Gasteiger partial charge in [-0.05, 0) is 30.5 Å². The van der Waals surface area contributed by atoms with Crippen LogP contribution in [0.25, 0.3) is 16.6 Å². The SMILES string of the molecule is CCCCc1ccc2[nH]c(=O)n3nc(C(=O)O)nc3c2c1. The molecule has 2 aromatic heterocycles. The maximum absolute atomic E-state index is 11.9. The molecule has 108 valence electrons. The van der Waals surface area contributed by atoms with Gasteiger partial charge in [-0.2, -0.15) is 4.52 Å². The summed E-state index contributed by atoms with van der Waals surface area (Å²) >= 11 is 0. The van der Waals surface area contributed by atoms with E-state index in [9.17, 15) is 9.59 Å². The molecule has 0 unspecified atom stereocenters. The summed E-state index contributed by atoms with van der Waals surface area (Å²) in [5.41, 5.74) is 1.51. The normalized spacial score (nSPS) is 11.3. The maximum Gasteiger partial charge on any atom is 0.375 e. The number of hydrogen-bond donors (Lipinski definition) is 2. The van der Waals surface area contributed by atoms with Crippen molar-refractivity contribution in [2.75, 3.05) is 0 Å². The highest BCUT2D eigenvalue weighted by Gasteiger charge is 2.15. The van der Waals surface area contributed by atoms with E-state index in [1.807, 2.05) is 18.2 Å². The van der Waals surface area contributed by atoms with Gasteiger partial charge in [-0.1, -0.05) is 19.4 Å². The molecular weight excluding hydrogens is 272 g/mol. The Hall–Kier alpha value is -2.70. The van der Waals surface area contributed by atoms with Crippen molar-refractivity contribution < 1.29 is 9.90 Å². The van der Waals surface area contributed by atoms with Crippen molar-refractivity contribution in [2.24, 2.45) is 0 Å². The Labute approximate surface area is 119 Å². The number of hydrogen-bond acceptors (Lipinski definition) is 4. The summed E-state index contributed by atoms with van der Waals surface area (Å²) in [7, 11) is 0. The third-order valence-corrected chi connectivity index (χ3v) is 3.38. The summed E-state index contributed by atoms with van der Waals surface area (Å²) < 4.78 is 0.995. The second-order valence-corrected chi connectivity index (χ2v) is 4.89. The van der Waals surface area contributed by atoms with Crippen LogP contribution < -0.4 is 5.69 Å². The first kappa shape index (κ1) is 13.3. The number of nitrogens with one attached hydrogen (secondary N) is 1. The number of nitrogens with zero attached hydrogens (tertiary/aromatic N) is 3. The van der Waals surface area contributed by atoms with Crippen LogP contribution in [0.2, 0.25) is 0 Å². The number of benzene rings is 1. The monoisotopic (exact) mass is 286 g/mol. The largest absolute Gasteiger partial charge is 0.475 e. The number of aryl methyl sites for hydroxylation is 1. The van der Waals surface area contributed by atoms with Gasteiger partial charge < -0.3 is 10.1 Å². The van der Waals surface area contributed by atoms with E-state index in [-0.39, 0.29) is 11.5 Å². The van der Waals surface area contributed by atoms with Crippen LogP contribution in [0.1, 0.15) is 35.9 Å². The van der Waals surface area contributed by atoms with E-state index in [2.05, 4.69) is 22.0 Å². The van der Waals surface area contributed by atoms with Gasteiger partial charge in [-0.3, -0.25) is 0 Å². The number of carboxylic acids is 1. The summed E-state index contributed by atoms with van der Waals surface area (Å²) in [4.78, 5) is 29.5. The summed E-state index contributed by atoms with van der Waals surface area (Å²) in [6, 6.07) is 5.70. The molecule has 0 fully saturated rings. The molecule has 1 aromatic carbocycles. The Kier molecular flexibility index (Phi) is 3.17. The zero-order valence-corrected chi connectivity index (χ0v) is 11.5. The highest BCUT2D eigenvalue weighted by Crippen LogP contribution is 2.18. The number of aromatic amines is 1. The quantitative estimate of drug-likeness (QED) is 0.759. The summed E-state index contributed by atoms with van der Waals surface area (Å²) in [5.74, 6) is -1.64. The van der Waals surface area contributed by atoms with Crippen molar-refractivity contribution in [3.63, 3.8) is 0 Å². The molecule has 2 heterocycles. The van der Waals surface area contributed by atoms with Crippen LogP contribution in [0, 0.1) is 0 Å². The maximum atomic E-state index is 11.9. The molecule has 3 aromatic rings. The Morgan fingerprint density at radius 1 is 1.43 bits per heavy atom. The third kappa shape index (κ3) is 2.26. The molecule has 0 amide bonds. The zero-order chi connectivity index (χ0) is 15.0. The summed E-state index contributed by atoms with van der Waals surface area (Å²) in [6.45, 7) is 2.12. The highest BCUT2D eigenvalue weighted by atomic mass is 16.4. The first-order valence-electron chi connectivity index (χ1n) is 6.75. The standard InChI is InChI=1S/C14H14N4O3/c1-2-3-4-8-5-6-10-9(7-8)12-16-11(13(19)20)17-18(12)14(21)15-10/h5-7H,2-4H2,1H3,(H,15,21)(H,19,20). The average molecular weight is 286 g/mol. The van der Waals surface area contributed by atoms with Gasteiger partial charge in [-0.25, -0.2) is 14.6 Å². The van der Waals surface area contributed by atoms with Crippen LogP contribution in [0.15, 0.2) is 23.0 Å². The number of rotatable bonds is 4. The molecule has 0 aliphatic rings. The van der Waals surface area contributed by atoms with Crippen LogP contribution in [0.3, 0.4) is 0 Å². The molecular formula is C14H14N4O3. The van der Waals surface area contributed by atoms with E-state index in [0.29, 0.717) is 10.9 Å². The lowest BCUT2D eigenvalue weighted by Gasteiger charge is -2.03. The lowest BCUT2D eigenvalue weighted by Crippen LogP contribution is -2.17. The first-order chi connectivity index (χ1) is 10.1. The molecule has 3 rings (SSSR count). The van der Waals surface area contributed by atoms with E-state index in [1.165, 1.54) is 0 Å². The van der Waals surface area contributed by atoms with Gasteiger partial charge in [0.2, 0.25) is 0 Å². The molecule has 0 atom stereocenters. The fraction of sp³-hybridized carbons (Fsp3) is 0.286. The Morgan fingerprint density at radius 2 is 2.24 bits per heavy atom. The van der Waals surface area contributed by atoms with Crippen molar-refractivity contribution in [2.45, 2.75) is 26.2 Å². The fourth-order valence-corrected chi connectivity index (χ4v) is 2.31. The van der Waals surface area contributed by atoms with Crippen LogP contribution in [-0.4, -0.2) is 30.7 Å². The Balaban J connectivity index is 2.28. The minimum Gasteiger partial charge on any atom is -0.475 e. The van der Waals surface area contributed by atoms with Crippen molar-refractivity contribution >= 4 is 22.5 Å². The third-order valence-electron chi connectivity index (χ3n) is 3.38. The summed E-state index contributed by atoms with van der Waals surface area (Å²) in [5, 5.41) is 13.4. The molecule has 21 heavy (non-hydrogen) atoms. The predicted molar refractivity (Wildman–Crippen MR) is 76.7 cm³/mol. The van der Waals surface area contributed by atoms with E-state index >= 15 is 0 Å². The molecule has 2 N–H and O–H groups in total. The molecule has 0 aliphatic carbocycles. The number of carbonyl (C=O) groups is 1. The molecule has 0 bridgehead atoms. The molecule has 0 saturated heterocycles. The van der Waals surface area contributed by atoms with E-state index < -0.39 is 11.7 Å². The van der Waals surface area contributed by atoms with E-state index in [1.54, 1.807) is 0 Å². The number of aromatic nitrogens is 4.